The zero-order valence-corrected chi connectivity index (χ0v) is 20.0. The van der Waals surface area contributed by atoms with E-state index in [0.717, 1.165) is 28.5 Å². The molecule has 1 saturated heterocycles. The molecule has 0 amide bonds. The van der Waals surface area contributed by atoms with Crippen molar-refractivity contribution in [2.45, 2.75) is 56.2 Å². The molecule has 0 radical (unpaired) electrons. The lowest BCUT2D eigenvalue weighted by Crippen LogP contribution is -2.58. The van der Waals surface area contributed by atoms with Gasteiger partial charge in [-0.15, -0.1) is 0 Å². The molecule has 212 valence electrons. The van der Waals surface area contributed by atoms with Crippen LogP contribution in [0.15, 0.2) is 24.4 Å². The second-order valence-corrected chi connectivity index (χ2v) is 10.4. The first-order valence-corrected chi connectivity index (χ1v) is 12.4. The number of ether oxygens (including phenoxy) is 1. The van der Waals surface area contributed by atoms with Crippen LogP contribution in [-0.4, -0.2) is 70.4 Å². The van der Waals surface area contributed by atoms with Gasteiger partial charge in [0.05, 0.1) is 11.9 Å². The summed E-state index contributed by atoms with van der Waals surface area (Å²) < 4.78 is 130. The number of nitrogens with zero attached hydrogens (tertiary/aromatic N) is 3. The molecule has 4 atom stereocenters. The number of aliphatic carboxylic acids is 1. The number of alkyl halides is 6. The number of carboxylic acid groups (broad SMARTS) is 1. The number of fused-ring (bicyclic) bond motifs is 1. The van der Waals surface area contributed by atoms with Gasteiger partial charge in [-0.25, -0.2) is 22.0 Å². The lowest BCUT2D eigenvalue weighted by atomic mass is 9.89. The molecule has 1 fully saturated rings. The fraction of sp³-hybridized carbons (Fsp3) is 0.500. The SMILES string of the molecule is CS(=O)(=O)n1cc2c(n1)CN([C@@H]1C[C@H](N)[C@@H](c3cc(F)ccc3F)O[C@@H]1C(F)(F)F)C2.O=C(O)C(F)(F)F. The number of aromatic nitrogens is 2. The molecule has 2 aliphatic rings. The normalized spacial score (nSPS) is 24.5. The minimum atomic E-state index is -5.08. The summed E-state index contributed by atoms with van der Waals surface area (Å²) in [5.41, 5.74) is 6.51. The van der Waals surface area contributed by atoms with Crippen LogP contribution in [0, 0.1) is 11.6 Å². The predicted octanol–water partition coefficient (Wildman–Crippen LogP) is 2.71. The van der Waals surface area contributed by atoms with Gasteiger partial charge in [0.25, 0.3) is 10.0 Å². The Hall–Kier alpha value is -2.83. The molecule has 2 aromatic rings. The smallest absolute Gasteiger partial charge is 0.475 e. The molecule has 1 aromatic carbocycles. The zero-order valence-electron chi connectivity index (χ0n) is 19.2. The van der Waals surface area contributed by atoms with Crippen molar-refractivity contribution in [1.82, 2.24) is 14.1 Å². The molecule has 3 heterocycles. The molecule has 4 rings (SSSR count). The highest BCUT2D eigenvalue weighted by Crippen LogP contribution is 2.42. The Balaban J connectivity index is 0.000000505. The van der Waals surface area contributed by atoms with Crippen molar-refractivity contribution < 1.29 is 58.2 Å². The molecule has 3 N–H and O–H groups in total. The highest BCUT2D eigenvalue weighted by molar-refractivity contribution is 7.89. The summed E-state index contributed by atoms with van der Waals surface area (Å²) in [7, 11) is -3.62. The molecule has 0 bridgehead atoms. The molecule has 0 aliphatic carbocycles. The minimum absolute atomic E-state index is 0.0236. The van der Waals surface area contributed by atoms with Crippen molar-refractivity contribution in [3.63, 3.8) is 0 Å². The molecule has 0 saturated carbocycles. The Morgan fingerprint density at radius 3 is 2.26 bits per heavy atom. The Morgan fingerprint density at radius 1 is 1.16 bits per heavy atom. The minimum Gasteiger partial charge on any atom is -0.475 e. The van der Waals surface area contributed by atoms with Crippen LogP contribution < -0.4 is 5.73 Å². The molecule has 9 nitrogen and oxygen atoms in total. The van der Waals surface area contributed by atoms with Gasteiger partial charge in [0, 0.05) is 42.5 Å². The summed E-state index contributed by atoms with van der Waals surface area (Å²) in [5.74, 6) is -4.48. The number of hydrogen-bond donors (Lipinski definition) is 2. The number of hydrogen-bond acceptors (Lipinski definition) is 7. The Kier molecular flexibility index (Phi) is 8.12. The summed E-state index contributed by atoms with van der Waals surface area (Å²) >= 11 is 0. The molecular formula is C20H20F8N4O5S. The van der Waals surface area contributed by atoms with Gasteiger partial charge in [-0.1, -0.05) is 0 Å². The fourth-order valence-electron chi connectivity index (χ4n) is 4.10. The van der Waals surface area contributed by atoms with Gasteiger partial charge in [-0.3, -0.25) is 4.90 Å². The van der Waals surface area contributed by atoms with Crippen LogP contribution in [0.5, 0.6) is 0 Å². The summed E-state index contributed by atoms with van der Waals surface area (Å²) in [6, 6.07) is 0.226. The van der Waals surface area contributed by atoms with E-state index in [1.54, 1.807) is 0 Å². The molecular weight excluding hydrogens is 560 g/mol. The van der Waals surface area contributed by atoms with Crippen LogP contribution in [-0.2, 0) is 32.6 Å². The van der Waals surface area contributed by atoms with Gasteiger partial charge in [-0.05, 0) is 24.6 Å². The monoisotopic (exact) mass is 580 g/mol. The average molecular weight is 580 g/mol. The van der Waals surface area contributed by atoms with Crippen LogP contribution in [0.4, 0.5) is 35.1 Å². The molecule has 0 spiro atoms. The van der Waals surface area contributed by atoms with Crippen molar-refractivity contribution in [2.24, 2.45) is 5.73 Å². The van der Waals surface area contributed by atoms with Gasteiger partial charge in [0.2, 0.25) is 0 Å². The Labute approximate surface area is 209 Å². The Morgan fingerprint density at radius 2 is 1.76 bits per heavy atom. The van der Waals surface area contributed by atoms with E-state index in [9.17, 15) is 43.5 Å². The highest BCUT2D eigenvalue weighted by Gasteiger charge is 2.54. The number of carboxylic acids is 1. The van der Waals surface area contributed by atoms with Crippen molar-refractivity contribution >= 4 is 16.0 Å². The summed E-state index contributed by atoms with van der Waals surface area (Å²) in [6.07, 6.45) is -11.6. The fourth-order valence-corrected chi connectivity index (χ4v) is 4.67. The summed E-state index contributed by atoms with van der Waals surface area (Å²) in [4.78, 5) is 10.4. The van der Waals surface area contributed by atoms with Crippen molar-refractivity contribution in [3.8, 4) is 0 Å². The van der Waals surface area contributed by atoms with Gasteiger partial charge >= 0.3 is 18.3 Å². The van der Waals surface area contributed by atoms with Gasteiger partial charge in [0.15, 0.2) is 6.10 Å². The number of rotatable bonds is 3. The maximum absolute atomic E-state index is 14.2. The van der Waals surface area contributed by atoms with Crippen LogP contribution >= 0.6 is 0 Å². The average Bonchev–Trinajstić information content (AvgIpc) is 3.34. The number of carbonyl (C=O) groups is 1. The third-order valence-corrected chi connectivity index (χ3v) is 6.63. The lowest BCUT2D eigenvalue weighted by molar-refractivity contribution is -0.269. The largest absolute Gasteiger partial charge is 0.490 e. The molecule has 0 unspecified atom stereocenters. The highest BCUT2D eigenvalue weighted by atomic mass is 32.2. The summed E-state index contributed by atoms with van der Waals surface area (Å²) in [6.45, 7) is 0.00134. The summed E-state index contributed by atoms with van der Waals surface area (Å²) in [5, 5.41) is 11.1. The van der Waals surface area contributed by atoms with Crippen molar-refractivity contribution in [2.75, 3.05) is 6.26 Å². The van der Waals surface area contributed by atoms with Gasteiger partial charge < -0.3 is 15.6 Å². The second kappa shape index (κ2) is 10.4. The van der Waals surface area contributed by atoms with Crippen LogP contribution in [0.3, 0.4) is 0 Å². The Bertz CT molecular complexity index is 1270. The van der Waals surface area contributed by atoms with E-state index in [1.807, 2.05) is 0 Å². The van der Waals surface area contributed by atoms with Crippen LogP contribution in [0.25, 0.3) is 0 Å². The van der Waals surface area contributed by atoms with Gasteiger partial charge in [-0.2, -0.15) is 35.5 Å². The third-order valence-electron chi connectivity index (χ3n) is 5.77. The number of halogens is 8. The van der Waals surface area contributed by atoms with E-state index in [4.69, 9.17) is 20.4 Å². The molecule has 38 heavy (non-hydrogen) atoms. The van der Waals surface area contributed by atoms with E-state index >= 15 is 0 Å². The van der Waals surface area contributed by atoms with Crippen molar-refractivity contribution in [1.29, 1.82) is 0 Å². The maximum Gasteiger partial charge on any atom is 0.490 e. The van der Waals surface area contributed by atoms with E-state index in [2.05, 4.69) is 5.10 Å². The second-order valence-electron chi connectivity index (χ2n) is 8.60. The first-order valence-electron chi connectivity index (χ1n) is 10.5. The lowest BCUT2D eigenvalue weighted by Gasteiger charge is -2.44. The molecule has 18 heteroatoms. The standard InChI is InChI=1S/C18H19F5N4O3S.C2HF3O2/c1-31(28,29)27-7-9-6-26(8-14(9)25-27)15-5-13(24)16(30-17(15)18(21,22)23)11-4-10(19)2-3-12(11)20;3-2(4,5)1(6)7/h2-4,7,13,15-17H,5-6,8,24H2,1H3;(H,6,7)/t13-,15+,16+,17-;/m0./s1. The quantitative estimate of drug-likeness (QED) is 0.531. The van der Waals surface area contributed by atoms with E-state index in [-0.39, 0.29) is 25.1 Å². The number of nitrogens with two attached hydrogens (primary N) is 1. The number of benzene rings is 1. The first kappa shape index (κ1) is 29.7. The van der Waals surface area contributed by atoms with Crippen LogP contribution in [0.2, 0.25) is 0 Å². The zero-order chi connectivity index (χ0) is 28.8. The van der Waals surface area contributed by atoms with E-state index in [0.29, 0.717) is 11.3 Å². The third kappa shape index (κ3) is 6.59. The van der Waals surface area contributed by atoms with E-state index in [1.165, 1.54) is 11.1 Å². The van der Waals surface area contributed by atoms with Crippen LogP contribution in [0.1, 0.15) is 29.3 Å². The van der Waals surface area contributed by atoms with Crippen molar-refractivity contribution in [3.05, 3.63) is 52.9 Å². The molecule has 2 aliphatic heterocycles. The molecule has 1 aromatic heterocycles. The van der Waals surface area contributed by atoms with Gasteiger partial charge in [0.1, 0.15) is 17.7 Å². The maximum atomic E-state index is 14.2. The predicted molar refractivity (Wildman–Crippen MR) is 112 cm³/mol. The topological polar surface area (TPSA) is 128 Å². The first-order chi connectivity index (χ1) is 17.3. The van der Waals surface area contributed by atoms with E-state index < -0.39 is 64.3 Å².